The molecular formula is C29H39ClN4O2. The Kier molecular flexibility index (Phi) is 9.30. The molecule has 7 heteroatoms. The lowest BCUT2D eigenvalue weighted by molar-refractivity contribution is 0.0950. The van der Waals surface area contributed by atoms with Gasteiger partial charge in [-0.1, -0.05) is 55.8 Å². The Morgan fingerprint density at radius 3 is 2.58 bits per heavy atom. The van der Waals surface area contributed by atoms with Crippen LogP contribution in [0.15, 0.2) is 48.7 Å². The van der Waals surface area contributed by atoms with Gasteiger partial charge in [0.2, 0.25) is 0 Å². The van der Waals surface area contributed by atoms with Crippen molar-refractivity contribution in [1.29, 1.82) is 0 Å². The Labute approximate surface area is 220 Å². The van der Waals surface area contributed by atoms with Crippen LogP contribution in [0.2, 0.25) is 5.02 Å². The first-order chi connectivity index (χ1) is 17.5. The largest absolute Gasteiger partial charge is 0.495 e. The van der Waals surface area contributed by atoms with Crippen molar-refractivity contribution in [2.45, 2.75) is 39.8 Å². The van der Waals surface area contributed by atoms with Crippen LogP contribution in [0.25, 0.3) is 10.9 Å². The minimum Gasteiger partial charge on any atom is -0.495 e. The van der Waals surface area contributed by atoms with E-state index in [4.69, 9.17) is 16.3 Å². The number of nitrogens with zero attached hydrogens (tertiary/aromatic N) is 3. The molecule has 1 saturated heterocycles. The Bertz CT molecular complexity index is 1160. The van der Waals surface area contributed by atoms with Crippen LogP contribution >= 0.6 is 11.6 Å². The van der Waals surface area contributed by atoms with E-state index < -0.39 is 0 Å². The molecule has 1 fully saturated rings. The van der Waals surface area contributed by atoms with Crippen LogP contribution in [0, 0.1) is 5.92 Å². The fourth-order valence-corrected chi connectivity index (χ4v) is 5.17. The maximum Gasteiger partial charge on any atom is 0.253 e. The number of aromatic nitrogens is 1. The second kappa shape index (κ2) is 12.6. The maximum absolute atomic E-state index is 12.9. The molecule has 0 bridgehead atoms. The van der Waals surface area contributed by atoms with Crippen LogP contribution in [-0.2, 0) is 13.1 Å². The van der Waals surface area contributed by atoms with Gasteiger partial charge in [-0.15, -0.1) is 0 Å². The minimum atomic E-state index is -0.0215. The second-order valence-electron chi connectivity index (χ2n) is 10.1. The summed E-state index contributed by atoms with van der Waals surface area (Å²) in [6.07, 6.45) is 4.17. The number of nitrogens with one attached hydrogen (secondary N) is 1. The topological polar surface area (TPSA) is 49.7 Å². The van der Waals surface area contributed by atoms with Crippen LogP contribution in [-0.4, -0.2) is 66.7 Å². The van der Waals surface area contributed by atoms with Crippen molar-refractivity contribution >= 4 is 28.4 Å². The van der Waals surface area contributed by atoms with Crippen LogP contribution in [0.1, 0.15) is 42.6 Å². The van der Waals surface area contributed by atoms with Gasteiger partial charge in [-0.25, -0.2) is 0 Å². The Balaban J connectivity index is 1.37. The fraction of sp³-hybridized carbons (Fsp3) is 0.483. The van der Waals surface area contributed by atoms with Gasteiger partial charge < -0.3 is 19.5 Å². The summed E-state index contributed by atoms with van der Waals surface area (Å²) in [7, 11) is 1.69. The molecule has 2 heterocycles. The lowest BCUT2D eigenvalue weighted by Crippen LogP contribution is -2.31. The molecular weight excluding hydrogens is 472 g/mol. The van der Waals surface area contributed by atoms with Crippen molar-refractivity contribution < 1.29 is 9.53 Å². The molecule has 0 unspecified atom stereocenters. The zero-order valence-corrected chi connectivity index (χ0v) is 22.6. The highest BCUT2D eigenvalue weighted by Crippen LogP contribution is 2.30. The molecule has 1 aliphatic rings. The molecule has 0 spiro atoms. The summed E-state index contributed by atoms with van der Waals surface area (Å²) >= 11 is 6.38. The zero-order valence-electron chi connectivity index (χ0n) is 21.8. The molecule has 0 saturated carbocycles. The van der Waals surface area contributed by atoms with Crippen molar-refractivity contribution in [2.24, 2.45) is 5.92 Å². The smallest absolute Gasteiger partial charge is 0.253 e. The summed E-state index contributed by atoms with van der Waals surface area (Å²) < 4.78 is 7.86. The Morgan fingerprint density at radius 2 is 1.81 bits per heavy atom. The SMILES string of the molecule is COc1cccc2c(C(=O)NCC(C)C)cn(CCCN3CCCN(Cc4ccccc4Cl)CC3)c12. The molecule has 4 rings (SSSR count). The number of halogens is 1. The summed E-state index contributed by atoms with van der Waals surface area (Å²) in [5, 5.41) is 4.86. The van der Waals surface area contributed by atoms with Gasteiger partial charge in [-0.3, -0.25) is 9.69 Å². The molecule has 0 aliphatic carbocycles. The quantitative estimate of drug-likeness (QED) is 0.403. The van der Waals surface area contributed by atoms with E-state index >= 15 is 0 Å². The molecule has 0 atom stereocenters. The van der Waals surface area contributed by atoms with Gasteiger partial charge in [0.25, 0.3) is 5.91 Å². The van der Waals surface area contributed by atoms with E-state index in [0.29, 0.717) is 12.5 Å². The van der Waals surface area contributed by atoms with Gasteiger partial charge in [0.05, 0.1) is 18.2 Å². The molecule has 1 amide bonds. The molecule has 3 aromatic rings. The molecule has 36 heavy (non-hydrogen) atoms. The van der Waals surface area contributed by atoms with Gasteiger partial charge in [0.1, 0.15) is 5.75 Å². The molecule has 1 aliphatic heterocycles. The van der Waals surface area contributed by atoms with Crippen LogP contribution < -0.4 is 10.1 Å². The lowest BCUT2D eigenvalue weighted by atomic mass is 10.1. The molecule has 194 valence electrons. The number of fused-ring (bicyclic) bond motifs is 1. The molecule has 6 nitrogen and oxygen atoms in total. The standard InChI is InChI=1S/C29H39ClN4O2/c1-22(2)19-31-29(35)25-21-34(28-24(25)10-6-12-27(28)36-3)16-8-14-32-13-7-15-33(18-17-32)20-23-9-4-5-11-26(23)30/h4-6,9-12,21-22H,7-8,13-20H2,1-3H3,(H,31,35). The summed E-state index contributed by atoms with van der Waals surface area (Å²) in [6, 6.07) is 14.1. The van der Waals surface area contributed by atoms with Crippen LogP contribution in [0.3, 0.4) is 0 Å². The van der Waals surface area contributed by atoms with E-state index in [1.807, 2.05) is 36.5 Å². The number of hydrogen-bond acceptors (Lipinski definition) is 4. The summed E-state index contributed by atoms with van der Waals surface area (Å²) in [5.41, 5.74) is 2.92. The monoisotopic (exact) mass is 510 g/mol. The number of hydrogen-bond donors (Lipinski definition) is 1. The maximum atomic E-state index is 12.9. The highest BCUT2D eigenvalue weighted by Gasteiger charge is 2.19. The van der Waals surface area contributed by atoms with E-state index in [1.54, 1.807) is 7.11 Å². The average molecular weight is 511 g/mol. The Hall–Kier alpha value is -2.54. The number of para-hydroxylation sites is 1. The van der Waals surface area contributed by atoms with Gasteiger partial charge >= 0.3 is 0 Å². The molecule has 1 aromatic heterocycles. The van der Waals surface area contributed by atoms with Crippen molar-refractivity contribution in [3.05, 3.63) is 64.8 Å². The third kappa shape index (κ3) is 6.61. The number of methoxy groups -OCH3 is 1. The first-order valence-corrected chi connectivity index (χ1v) is 13.5. The summed E-state index contributed by atoms with van der Waals surface area (Å²) in [5.74, 6) is 1.19. The van der Waals surface area contributed by atoms with Crippen molar-refractivity contribution in [2.75, 3.05) is 46.4 Å². The lowest BCUT2D eigenvalue weighted by Gasteiger charge is -2.22. The number of carbonyl (C=O) groups is 1. The average Bonchev–Trinajstić information content (AvgIpc) is 3.10. The first-order valence-electron chi connectivity index (χ1n) is 13.1. The molecule has 2 aromatic carbocycles. The van der Waals surface area contributed by atoms with E-state index in [1.165, 1.54) is 5.56 Å². The minimum absolute atomic E-state index is 0.0215. The number of amides is 1. The van der Waals surface area contributed by atoms with E-state index in [9.17, 15) is 4.79 Å². The van der Waals surface area contributed by atoms with Crippen molar-refractivity contribution in [1.82, 2.24) is 19.7 Å². The summed E-state index contributed by atoms with van der Waals surface area (Å²) in [4.78, 5) is 18.0. The van der Waals surface area contributed by atoms with Gasteiger partial charge in [0.15, 0.2) is 0 Å². The molecule has 1 N–H and O–H groups in total. The Morgan fingerprint density at radius 1 is 1.03 bits per heavy atom. The van der Waals surface area contributed by atoms with E-state index in [2.05, 4.69) is 45.7 Å². The van der Waals surface area contributed by atoms with Crippen molar-refractivity contribution in [3.8, 4) is 5.75 Å². The number of carbonyl (C=O) groups excluding carboxylic acids is 1. The van der Waals surface area contributed by atoms with Gasteiger partial charge in [-0.2, -0.15) is 0 Å². The normalized spacial score (nSPS) is 15.4. The first kappa shape index (κ1) is 26.5. The number of aryl methyl sites for hydroxylation is 1. The third-order valence-corrected chi connectivity index (χ3v) is 7.27. The number of rotatable bonds is 10. The summed E-state index contributed by atoms with van der Waals surface area (Å²) in [6.45, 7) is 12.0. The van der Waals surface area contributed by atoms with E-state index in [0.717, 1.165) is 85.9 Å². The highest BCUT2D eigenvalue weighted by atomic mass is 35.5. The number of benzene rings is 2. The van der Waals surface area contributed by atoms with E-state index in [-0.39, 0.29) is 5.91 Å². The molecule has 0 radical (unpaired) electrons. The van der Waals surface area contributed by atoms with Crippen LogP contribution in [0.4, 0.5) is 0 Å². The third-order valence-electron chi connectivity index (χ3n) is 6.90. The second-order valence-corrected chi connectivity index (χ2v) is 10.5. The van der Waals surface area contributed by atoms with Crippen LogP contribution in [0.5, 0.6) is 5.75 Å². The van der Waals surface area contributed by atoms with Crippen molar-refractivity contribution in [3.63, 3.8) is 0 Å². The van der Waals surface area contributed by atoms with Gasteiger partial charge in [0, 0.05) is 49.3 Å². The fourth-order valence-electron chi connectivity index (χ4n) is 4.98. The predicted molar refractivity (Wildman–Crippen MR) is 148 cm³/mol. The highest BCUT2D eigenvalue weighted by molar-refractivity contribution is 6.31. The van der Waals surface area contributed by atoms with Gasteiger partial charge in [-0.05, 0) is 56.1 Å². The number of ether oxygens (including phenoxy) is 1. The zero-order chi connectivity index (χ0) is 25.5. The predicted octanol–water partition coefficient (Wildman–Crippen LogP) is 5.29.